The molecule has 0 saturated heterocycles. The van der Waals surface area contributed by atoms with Crippen molar-refractivity contribution >= 4 is 34.9 Å². The van der Waals surface area contributed by atoms with Gasteiger partial charge in [0, 0.05) is 0 Å². The first-order valence-electron chi connectivity index (χ1n) is 11.7. The number of hydrogen-bond donors (Lipinski definition) is 3. The van der Waals surface area contributed by atoms with Gasteiger partial charge in [-0.25, -0.2) is 0 Å². The Morgan fingerprint density at radius 1 is 1.44 bits per heavy atom. The van der Waals surface area contributed by atoms with Crippen molar-refractivity contribution in [2.45, 2.75) is 50.2 Å². The molecule has 1 aliphatic carbocycles. The van der Waals surface area contributed by atoms with Gasteiger partial charge < -0.3 is 0 Å². The fourth-order valence-electron chi connectivity index (χ4n) is 3.78. The number of hydrogen-bond acceptors (Lipinski definition) is 8. The number of pyridine rings is 2. The molecule has 3 N–H and O–H groups in total. The van der Waals surface area contributed by atoms with Crippen LogP contribution in [0.2, 0.25) is 0 Å². The van der Waals surface area contributed by atoms with Crippen LogP contribution in [0.15, 0.2) is 75.8 Å². The number of rotatable bonds is 9. The van der Waals surface area contributed by atoms with Gasteiger partial charge in [0.05, 0.1) is 0 Å². The van der Waals surface area contributed by atoms with Crippen molar-refractivity contribution in [1.29, 1.82) is 0 Å². The molecular weight excluding hydrogens is 491 g/mol. The number of aliphatic hydroxyl groups excluding tert-OH is 2. The second-order valence-corrected chi connectivity index (χ2v) is 10.5. The number of nitrogens with one attached hydrogen (secondary N) is 1. The molecule has 3 aromatic heterocycles. The fraction of sp³-hybridized carbons (Fsp3) is 0.308. The van der Waals surface area contributed by atoms with Gasteiger partial charge in [-0.05, 0) is 0 Å². The van der Waals surface area contributed by atoms with Crippen molar-refractivity contribution in [2.24, 2.45) is 4.99 Å². The van der Waals surface area contributed by atoms with Crippen LogP contribution in [0, 0.1) is 0 Å². The number of thioether (sulfide) groups is 1. The zero-order valence-corrected chi connectivity index (χ0v) is 22.0. The van der Waals surface area contributed by atoms with E-state index < -0.39 is 6.10 Å². The van der Waals surface area contributed by atoms with E-state index >= 15 is 0 Å². The predicted molar refractivity (Wildman–Crippen MR) is 146 cm³/mol. The molecule has 2 unspecified atom stereocenters. The standard InChI is InChI=1S/C26H29BN4O3S2/c1-4-5-11-23(16(2)3)35-17-13-22(34-21-10-6-9-19-18(21)8-7-12-28-19)25(29-14-17)31-26-30-24(27-36-26)20(33)15-32/h4-5,7-8,11-14,20-21,32-33H,1,6,9-10,15H2,2-3H3,(H,29,30,31)/b11-5-. The number of aliphatic hydroxyl groups is 2. The van der Waals surface area contributed by atoms with Crippen molar-refractivity contribution in [3.05, 3.63) is 87.5 Å². The summed E-state index contributed by atoms with van der Waals surface area (Å²) in [6, 6.07) is 5.99. The number of aromatic amines is 1. The van der Waals surface area contributed by atoms with E-state index in [2.05, 4.69) is 46.4 Å². The predicted octanol–water partition coefficient (Wildman–Crippen LogP) is 5.05. The van der Waals surface area contributed by atoms with Gasteiger partial charge in [-0.15, -0.1) is 0 Å². The van der Waals surface area contributed by atoms with Crippen LogP contribution in [-0.2, 0) is 6.42 Å². The molecule has 4 rings (SSSR count). The summed E-state index contributed by atoms with van der Waals surface area (Å²) in [7, 11) is 0. The number of allylic oxidation sites excluding steroid dienone is 4. The summed E-state index contributed by atoms with van der Waals surface area (Å²) in [6.45, 7) is 7.54. The van der Waals surface area contributed by atoms with E-state index in [4.69, 9.17) is 4.74 Å². The first-order chi connectivity index (χ1) is 17.5. The molecule has 0 aliphatic heterocycles. The molecule has 1 aliphatic rings. The fourth-order valence-corrected chi connectivity index (χ4v) is 5.43. The molecule has 0 fully saturated rings. The van der Waals surface area contributed by atoms with Gasteiger partial charge in [0.25, 0.3) is 0 Å². The van der Waals surface area contributed by atoms with Crippen molar-refractivity contribution < 1.29 is 14.9 Å². The van der Waals surface area contributed by atoms with Gasteiger partial charge in [-0.3, -0.25) is 0 Å². The van der Waals surface area contributed by atoms with E-state index in [1.54, 1.807) is 30.2 Å². The number of nitrogens with zero attached hydrogens (tertiary/aromatic N) is 3. The summed E-state index contributed by atoms with van der Waals surface area (Å²) in [4.78, 5) is 19.5. The molecule has 2 atom stereocenters. The zero-order chi connectivity index (χ0) is 25.5. The summed E-state index contributed by atoms with van der Waals surface area (Å²) < 4.78 is 6.57. The van der Waals surface area contributed by atoms with Crippen LogP contribution in [0.25, 0.3) is 0 Å². The van der Waals surface area contributed by atoms with E-state index in [0.29, 0.717) is 22.0 Å². The average Bonchev–Trinajstić information content (AvgIpc) is 3.36. The topological polar surface area (TPSA) is 104 Å². The normalized spacial score (nSPS) is 16.4. The molecule has 36 heavy (non-hydrogen) atoms. The summed E-state index contributed by atoms with van der Waals surface area (Å²) >= 11 is 2.94. The van der Waals surface area contributed by atoms with Crippen LogP contribution in [0.4, 0.5) is 5.82 Å². The van der Waals surface area contributed by atoms with Gasteiger partial charge >= 0.3 is 213 Å². The molecular formula is C26H29BN4O3S2. The summed E-state index contributed by atoms with van der Waals surface area (Å²) in [5, 5.41) is 19.2. The number of H-pyrrole nitrogens is 1. The molecule has 0 amide bonds. The van der Waals surface area contributed by atoms with E-state index in [1.807, 2.05) is 30.5 Å². The van der Waals surface area contributed by atoms with E-state index in [-0.39, 0.29) is 12.7 Å². The minimum absolute atomic E-state index is 0.138. The van der Waals surface area contributed by atoms with E-state index in [9.17, 15) is 10.2 Å². The van der Waals surface area contributed by atoms with Gasteiger partial charge in [0.1, 0.15) is 0 Å². The molecule has 3 heterocycles. The molecule has 0 spiro atoms. The van der Waals surface area contributed by atoms with Crippen molar-refractivity contribution in [2.75, 3.05) is 6.61 Å². The summed E-state index contributed by atoms with van der Waals surface area (Å²) in [6.07, 6.45) is 12.8. The third-order valence-corrected chi connectivity index (χ3v) is 7.63. The molecule has 10 heteroatoms. The number of aromatic nitrogens is 3. The molecule has 0 saturated carbocycles. The van der Waals surface area contributed by atoms with Gasteiger partial charge in [-0.2, -0.15) is 0 Å². The Morgan fingerprint density at radius 2 is 2.31 bits per heavy atom. The zero-order valence-electron chi connectivity index (χ0n) is 20.3. The number of ether oxygens (including phenoxy) is 1. The molecule has 3 aromatic rings. The van der Waals surface area contributed by atoms with Crippen LogP contribution in [0.5, 0.6) is 5.75 Å². The first kappa shape index (κ1) is 26.3. The Morgan fingerprint density at radius 3 is 3.08 bits per heavy atom. The first-order valence-corrected chi connectivity index (χ1v) is 13.4. The number of fused-ring (bicyclic) bond motifs is 1. The number of aryl methyl sites for hydroxylation is 1. The van der Waals surface area contributed by atoms with Crippen LogP contribution in [0.3, 0.4) is 0 Å². The van der Waals surface area contributed by atoms with Gasteiger partial charge in [-0.1, -0.05) is 6.58 Å². The molecule has 0 aromatic carbocycles. The minimum atomic E-state index is -0.981. The third kappa shape index (κ3) is 6.50. The summed E-state index contributed by atoms with van der Waals surface area (Å²) in [5.41, 5.74) is 3.86. The van der Waals surface area contributed by atoms with Crippen LogP contribution >= 0.6 is 22.9 Å². The Hall–Kier alpha value is -2.79. The molecule has 0 bridgehead atoms. The van der Waals surface area contributed by atoms with E-state index in [1.165, 1.54) is 16.8 Å². The van der Waals surface area contributed by atoms with Crippen LogP contribution < -0.4 is 9.54 Å². The maximum absolute atomic E-state index is 9.92. The van der Waals surface area contributed by atoms with Crippen LogP contribution in [0.1, 0.15) is 55.7 Å². The molecule has 0 radical (unpaired) electrons. The Labute approximate surface area is 219 Å². The van der Waals surface area contributed by atoms with Crippen molar-refractivity contribution in [3.8, 4) is 5.75 Å². The Bertz CT molecular complexity index is 1340. The van der Waals surface area contributed by atoms with Crippen molar-refractivity contribution in [1.82, 2.24) is 15.0 Å². The quantitative estimate of drug-likeness (QED) is 0.270. The third-order valence-electron chi connectivity index (χ3n) is 5.62. The van der Waals surface area contributed by atoms with Gasteiger partial charge in [0.2, 0.25) is 0 Å². The van der Waals surface area contributed by atoms with Crippen LogP contribution in [-0.4, -0.2) is 37.9 Å². The SMILES string of the molecule is C=C/C=C\C(Sc1cnc(/N=c2/[nH]c(C(O)CO)bs2)c(OC2CCCc3ncccc32)c1)=C(C)C. The second kappa shape index (κ2) is 12.4. The summed E-state index contributed by atoms with van der Waals surface area (Å²) in [5.74, 6) is 1.02. The molecule has 186 valence electrons. The average molecular weight is 520 g/mol. The van der Waals surface area contributed by atoms with Gasteiger partial charge in [0.15, 0.2) is 0 Å². The monoisotopic (exact) mass is 520 g/mol. The Kier molecular flexibility index (Phi) is 9.09. The van der Waals surface area contributed by atoms with Crippen molar-refractivity contribution in [3.63, 3.8) is 0 Å². The van der Waals surface area contributed by atoms with E-state index in [0.717, 1.165) is 40.3 Å². The molecule has 7 nitrogen and oxygen atoms in total. The Balaban J connectivity index is 1.72. The maximum atomic E-state index is 9.92. The second-order valence-electron chi connectivity index (χ2n) is 8.52.